The second-order valence-corrected chi connectivity index (χ2v) is 7.58. The number of rotatable bonds is 5. The van der Waals surface area contributed by atoms with Crippen LogP contribution in [0.5, 0.6) is 0 Å². The van der Waals surface area contributed by atoms with E-state index in [1.54, 1.807) is 11.9 Å². The summed E-state index contributed by atoms with van der Waals surface area (Å²) in [4.78, 5) is 15.2. The number of urea groups is 1. The molecule has 5 nitrogen and oxygen atoms in total. The highest BCUT2D eigenvalue weighted by atomic mass is 32.2. The maximum absolute atomic E-state index is 12.5. The van der Waals surface area contributed by atoms with Gasteiger partial charge in [-0.05, 0) is 31.9 Å². The summed E-state index contributed by atoms with van der Waals surface area (Å²) < 4.78 is 5.05. The SMILES string of the molecule is Cc1cc(CN(C)C(=O)Nc2ccccc2SC2CCCC2)no1. The summed E-state index contributed by atoms with van der Waals surface area (Å²) in [5.74, 6) is 0.747. The molecule has 1 aliphatic carbocycles. The van der Waals surface area contributed by atoms with Crippen LogP contribution in [-0.4, -0.2) is 28.4 Å². The molecule has 1 aromatic heterocycles. The average Bonchev–Trinajstić information content (AvgIpc) is 3.21. The molecule has 128 valence electrons. The normalized spacial score (nSPS) is 14.8. The first-order valence-electron chi connectivity index (χ1n) is 8.32. The second-order valence-electron chi connectivity index (χ2n) is 6.24. The van der Waals surface area contributed by atoms with Crippen LogP contribution in [0.25, 0.3) is 0 Å². The summed E-state index contributed by atoms with van der Waals surface area (Å²) >= 11 is 1.88. The van der Waals surface area contributed by atoms with Gasteiger partial charge in [-0.15, -0.1) is 11.8 Å². The van der Waals surface area contributed by atoms with Crippen molar-refractivity contribution in [2.24, 2.45) is 0 Å². The predicted molar refractivity (Wildman–Crippen MR) is 96.3 cm³/mol. The molecule has 0 radical (unpaired) electrons. The Kier molecular flexibility index (Phi) is 5.45. The highest BCUT2D eigenvalue weighted by Gasteiger charge is 2.19. The van der Waals surface area contributed by atoms with Gasteiger partial charge in [-0.1, -0.05) is 30.1 Å². The lowest BCUT2D eigenvalue weighted by molar-refractivity contribution is 0.219. The number of hydrogen-bond donors (Lipinski definition) is 1. The van der Waals surface area contributed by atoms with E-state index in [0.717, 1.165) is 22.0 Å². The first-order chi connectivity index (χ1) is 11.6. The van der Waals surface area contributed by atoms with Crippen LogP contribution in [-0.2, 0) is 6.54 Å². The van der Waals surface area contributed by atoms with Crippen LogP contribution in [0.4, 0.5) is 10.5 Å². The molecule has 0 aliphatic heterocycles. The van der Waals surface area contributed by atoms with Gasteiger partial charge >= 0.3 is 6.03 Å². The second kappa shape index (κ2) is 7.75. The highest BCUT2D eigenvalue weighted by molar-refractivity contribution is 8.00. The van der Waals surface area contributed by atoms with Crippen molar-refractivity contribution in [1.29, 1.82) is 0 Å². The van der Waals surface area contributed by atoms with Crippen LogP contribution in [0.1, 0.15) is 37.1 Å². The first kappa shape index (κ1) is 16.9. The molecule has 0 spiro atoms. The van der Waals surface area contributed by atoms with Gasteiger partial charge in [0, 0.05) is 23.3 Å². The van der Waals surface area contributed by atoms with Crippen LogP contribution in [0.15, 0.2) is 39.8 Å². The van der Waals surface area contributed by atoms with E-state index in [2.05, 4.69) is 16.5 Å². The number of nitrogens with one attached hydrogen (secondary N) is 1. The quantitative estimate of drug-likeness (QED) is 0.854. The molecular formula is C18H23N3O2S. The number of aromatic nitrogens is 1. The summed E-state index contributed by atoms with van der Waals surface area (Å²) in [7, 11) is 1.76. The monoisotopic (exact) mass is 345 g/mol. The third-order valence-corrected chi connectivity index (χ3v) is 5.56. The summed E-state index contributed by atoms with van der Waals surface area (Å²) in [5, 5.41) is 7.62. The number of anilines is 1. The highest BCUT2D eigenvalue weighted by Crippen LogP contribution is 2.38. The number of thioether (sulfide) groups is 1. The van der Waals surface area contributed by atoms with E-state index < -0.39 is 0 Å². The smallest absolute Gasteiger partial charge is 0.321 e. The van der Waals surface area contributed by atoms with Gasteiger partial charge in [0.2, 0.25) is 0 Å². The Balaban J connectivity index is 1.62. The molecule has 1 heterocycles. The molecule has 2 aromatic rings. The minimum absolute atomic E-state index is 0.143. The van der Waals surface area contributed by atoms with E-state index in [-0.39, 0.29) is 6.03 Å². The zero-order valence-electron chi connectivity index (χ0n) is 14.1. The summed E-state index contributed by atoms with van der Waals surface area (Å²) in [6.45, 7) is 2.26. The summed E-state index contributed by atoms with van der Waals surface area (Å²) in [5.41, 5.74) is 1.63. The molecule has 0 saturated heterocycles. The third-order valence-electron chi connectivity index (χ3n) is 4.15. The predicted octanol–water partition coefficient (Wildman–Crippen LogP) is 4.68. The molecule has 2 amide bonds. The number of carbonyl (C=O) groups is 1. The largest absolute Gasteiger partial charge is 0.361 e. The van der Waals surface area contributed by atoms with Gasteiger partial charge in [0.15, 0.2) is 0 Å². The van der Waals surface area contributed by atoms with Crippen molar-refractivity contribution in [3.8, 4) is 0 Å². The average molecular weight is 345 g/mol. The van der Waals surface area contributed by atoms with Gasteiger partial charge in [0.1, 0.15) is 11.5 Å². The van der Waals surface area contributed by atoms with Crippen molar-refractivity contribution in [2.45, 2.75) is 49.3 Å². The molecule has 1 saturated carbocycles. The first-order valence-corrected chi connectivity index (χ1v) is 9.20. The van der Waals surface area contributed by atoms with E-state index >= 15 is 0 Å². The minimum Gasteiger partial charge on any atom is -0.361 e. The number of amides is 2. The molecule has 1 N–H and O–H groups in total. The molecule has 24 heavy (non-hydrogen) atoms. The van der Waals surface area contributed by atoms with Gasteiger partial charge in [0.05, 0.1) is 12.2 Å². The molecule has 3 rings (SSSR count). The van der Waals surface area contributed by atoms with Crippen molar-refractivity contribution in [3.05, 3.63) is 41.8 Å². The molecular weight excluding hydrogens is 322 g/mol. The third kappa shape index (κ3) is 4.32. The lowest BCUT2D eigenvalue weighted by Gasteiger charge is -2.19. The molecule has 0 atom stereocenters. The summed E-state index contributed by atoms with van der Waals surface area (Å²) in [6, 6.07) is 9.72. The Hall–Kier alpha value is -1.95. The number of aryl methyl sites for hydroxylation is 1. The van der Waals surface area contributed by atoms with Gasteiger partial charge < -0.3 is 14.7 Å². The van der Waals surface area contributed by atoms with E-state index in [1.807, 2.05) is 43.0 Å². The number of carbonyl (C=O) groups excluding carboxylic acids is 1. The standard InChI is InChI=1S/C18H23N3O2S/c1-13-11-14(20-23-13)12-21(2)18(22)19-16-9-5-6-10-17(16)24-15-7-3-4-8-15/h5-6,9-11,15H,3-4,7-8,12H2,1-2H3,(H,19,22). The molecule has 1 aromatic carbocycles. The van der Waals surface area contributed by atoms with E-state index in [4.69, 9.17) is 4.52 Å². The summed E-state index contributed by atoms with van der Waals surface area (Å²) in [6.07, 6.45) is 5.15. The topological polar surface area (TPSA) is 58.4 Å². The Morgan fingerprint density at radius 2 is 2.12 bits per heavy atom. The number of nitrogens with zero attached hydrogens (tertiary/aromatic N) is 2. The lowest BCUT2D eigenvalue weighted by atomic mass is 10.3. The van der Waals surface area contributed by atoms with Gasteiger partial charge in [-0.3, -0.25) is 0 Å². The Labute approximate surface area is 146 Å². The van der Waals surface area contributed by atoms with Crippen molar-refractivity contribution in [3.63, 3.8) is 0 Å². The number of hydrogen-bond acceptors (Lipinski definition) is 4. The zero-order chi connectivity index (χ0) is 16.9. The zero-order valence-corrected chi connectivity index (χ0v) is 14.9. The van der Waals surface area contributed by atoms with E-state index in [0.29, 0.717) is 11.8 Å². The maximum atomic E-state index is 12.5. The Morgan fingerprint density at radius 3 is 2.83 bits per heavy atom. The molecule has 0 bridgehead atoms. The van der Waals surface area contributed by atoms with Crippen molar-refractivity contribution in [1.82, 2.24) is 10.1 Å². The van der Waals surface area contributed by atoms with Crippen molar-refractivity contribution in [2.75, 3.05) is 12.4 Å². The van der Waals surface area contributed by atoms with Crippen LogP contribution >= 0.6 is 11.8 Å². The Morgan fingerprint density at radius 1 is 1.38 bits per heavy atom. The lowest BCUT2D eigenvalue weighted by Crippen LogP contribution is -2.31. The number of para-hydroxylation sites is 1. The van der Waals surface area contributed by atoms with Crippen molar-refractivity contribution >= 4 is 23.5 Å². The minimum atomic E-state index is -0.143. The molecule has 1 fully saturated rings. The van der Waals surface area contributed by atoms with Gasteiger partial charge in [-0.2, -0.15) is 0 Å². The fourth-order valence-corrected chi connectivity index (χ4v) is 4.21. The van der Waals surface area contributed by atoms with Crippen LogP contribution in [0, 0.1) is 6.92 Å². The number of benzene rings is 1. The molecule has 0 unspecified atom stereocenters. The van der Waals surface area contributed by atoms with Crippen LogP contribution < -0.4 is 5.32 Å². The van der Waals surface area contributed by atoms with Crippen molar-refractivity contribution < 1.29 is 9.32 Å². The molecule has 1 aliphatic rings. The fraction of sp³-hybridized carbons (Fsp3) is 0.444. The van der Waals surface area contributed by atoms with Crippen LogP contribution in [0.2, 0.25) is 0 Å². The molecule has 6 heteroatoms. The van der Waals surface area contributed by atoms with E-state index in [1.165, 1.54) is 25.7 Å². The maximum Gasteiger partial charge on any atom is 0.321 e. The van der Waals surface area contributed by atoms with Gasteiger partial charge in [-0.25, -0.2) is 4.79 Å². The van der Waals surface area contributed by atoms with Crippen LogP contribution in [0.3, 0.4) is 0 Å². The Bertz CT molecular complexity index is 695. The fourth-order valence-electron chi connectivity index (χ4n) is 2.88. The van der Waals surface area contributed by atoms with Gasteiger partial charge in [0.25, 0.3) is 0 Å². The van der Waals surface area contributed by atoms with E-state index in [9.17, 15) is 4.79 Å².